The van der Waals surface area contributed by atoms with Gasteiger partial charge >= 0.3 is 0 Å². The van der Waals surface area contributed by atoms with Crippen LogP contribution in [0.3, 0.4) is 0 Å². The SMILES string of the molecule is Cc1cccc(N(CCc2nn[nH]n2)Cc2cncs2)c1. The van der Waals surface area contributed by atoms with E-state index < -0.39 is 0 Å². The standard InChI is InChI=1S/C14H16N6S/c1-11-3-2-4-12(7-11)20(9-13-8-15-10-21-13)6-5-14-16-18-19-17-14/h2-4,7-8,10H,5-6,9H2,1H3,(H,16,17,18,19). The molecular formula is C14H16N6S. The van der Waals surface area contributed by atoms with Crippen LogP contribution in [0, 0.1) is 6.92 Å². The molecule has 3 aromatic rings. The van der Waals surface area contributed by atoms with Crippen molar-refractivity contribution in [3.8, 4) is 0 Å². The lowest BCUT2D eigenvalue weighted by Gasteiger charge is -2.24. The molecule has 2 aromatic heterocycles. The van der Waals surface area contributed by atoms with Crippen molar-refractivity contribution in [2.75, 3.05) is 11.4 Å². The lowest BCUT2D eigenvalue weighted by Crippen LogP contribution is -2.25. The Morgan fingerprint density at radius 3 is 3.00 bits per heavy atom. The second-order valence-electron chi connectivity index (χ2n) is 4.81. The molecule has 1 aromatic carbocycles. The Balaban J connectivity index is 1.76. The number of H-pyrrole nitrogens is 1. The molecular weight excluding hydrogens is 284 g/mol. The smallest absolute Gasteiger partial charge is 0.176 e. The number of hydrogen-bond acceptors (Lipinski definition) is 6. The summed E-state index contributed by atoms with van der Waals surface area (Å²) in [5, 5.41) is 14.1. The zero-order valence-corrected chi connectivity index (χ0v) is 12.5. The zero-order chi connectivity index (χ0) is 14.5. The number of rotatable bonds is 6. The molecule has 2 heterocycles. The number of benzene rings is 1. The minimum atomic E-state index is 0.733. The number of aromatic amines is 1. The number of hydrogen-bond donors (Lipinski definition) is 1. The van der Waals surface area contributed by atoms with Crippen LogP contribution in [0.2, 0.25) is 0 Å². The molecule has 0 atom stereocenters. The van der Waals surface area contributed by atoms with Gasteiger partial charge in [-0.1, -0.05) is 17.3 Å². The molecule has 21 heavy (non-hydrogen) atoms. The maximum Gasteiger partial charge on any atom is 0.176 e. The van der Waals surface area contributed by atoms with Gasteiger partial charge in [0.05, 0.1) is 12.1 Å². The van der Waals surface area contributed by atoms with Crippen molar-refractivity contribution in [3.05, 3.63) is 52.2 Å². The third-order valence-corrected chi connectivity index (χ3v) is 3.96. The van der Waals surface area contributed by atoms with Gasteiger partial charge in [-0.15, -0.1) is 21.5 Å². The van der Waals surface area contributed by atoms with Crippen molar-refractivity contribution in [1.82, 2.24) is 25.6 Å². The van der Waals surface area contributed by atoms with Crippen molar-refractivity contribution in [3.63, 3.8) is 0 Å². The first-order chi connectivity index (χ1) is 10.3. The van der Waals surface area contributed by atoms with Crippen LogP contribution in [0.5, 0.6) is 0 Å². The molecule has 0 radical (unpaired) electrons. The number of aryl methyl sites for hydroxylation is 1. The van der Waals surface area contributed by atoms with Crippen molar-refractivity contribution in [2.24, 2.45) is 0 Å². The van der Waals surface area contributed by atoms with E-state index in [0.29, 0.717) is 0 Å². The van der Waals surface area contributed by atoms with Gasteiger partial charge in [-0.25, -0.2) is 0 Å². The lowest BCUT2D eigenvalue weighted by atomic mass is 10.2. The fraction of sp³-hybridized carbons (Fsp3) is 0.286. The summed E-state index contributed by atoms with van der Waals surface area (Å²) >= 11 is 1.67. The summed E-state index contributed by atoms with van der Waals surface area (Å²) in [7, 11) is 0. The van der Waals surface area contributed by atoms with E-state index in [1.165, 1.54) is 16.1 Å². The summed E-state index contributed by atoms with van der Waals surface area (Å²) in [5.74, 6) is 0.733. The summed E-state index contributed by atoms with van der Waals surface area (Å²) < 4.78 is 0. The van der Waals surface area contributed by atoms with Gasteiger partial charge in [0.25, 0.3) is 0 Å². The predicted octanol–water partition coefficient (Wildman–Crippen LogP) is 2.21. The normalized spacial score (nSPS) is 10.7. The Bertz CT molecular complexity index is 665. The van der Waals surface area contributed by atoms with Gasteiger partial charge in [0.15, 0.2) is 5.82 Å². The molecule has 3 rings (SSSR count). The second-order valence-corrected chi connectivity index (χ2v) is 5.78. The Hall–Kier alpha value is -2.28. The van der Waals surface area contributed by atoms with Crippen LogP contribution in [-0.2, 0) is 13.0 Å². The third kappa shape index (κ3) is 3.63. The molecule has 0 saturated carbocycles. The highest BCUT2D eigenvalue weighted by Crippen LogP contribution is 2.20. The van der Waals surface area contributed by atoms with Gasteiger partial charge in [0, 0.05) is 29.7 Å². The average molecular weight is 300 g/mol. The average Bonchev–Trinajstić information content (AvgIpc) is 3.17. The summed E-state index contributed by atoms with van der Waals surface area (Å²) in [6.07, 6.45) is 2.67. The van der Waals surface area contributed by atoms with Crippen LogP contribution in [0.25, 0.3) is 0 Å². The van der Waals surface area contributed by atoms with E-state index in [0.717, 1.165) is 25.3 Å². The van der Waals surface area contributed by atoms with Crippen LogP contribution in [0.1, 0.15) is 16.3 Å². The first-order valence-electron chi connectivity index (χ1n) is 6.72. The number of nitrogens with one attached hydrogen (secondary N) is 1. The number of anilines is 1. The first-order valence-corrected chi connectivity index (χ1v) is 7.60. The van der Waals surface area contributed by atoms with Gasteiger partial charge in [0.2, 0.25) is 0 Å². The number of tetrazole rings is 1. The fourth-order valence-corrected chi connectivity index (χ4v) is 2.77. The molecule has 0 bridgehead atoms. The summed E-state index contributed by atoms with van der Waals surface area (Å²) in [6, 6.07) is 8.51. The topological polar surface area (TPSA) is 70.6 Å². The van der Waals surface area contributed by atoms with Gasteiger partial charge < -0.3 is 4.90 Å². The van der Waals surface area contributed by atoms with E-state index in [4.69, 9.17) is 0 Å². The van der Waals surface area contributed by atoms with E-state index in [9.17, 15) is 0 Å². The molecule has 7 heteroatoms. The first kappa shape index (κ1) is 13.7. The van der Waals surface area contributed by atoms with Crippen LogP contribution >= 0.6 is 11.3 Å². The van der Waals surface area contributed by atoms with Crippen LogP contribution < -0.4 is 4.90 Å². The number of nitrogens with zero attached hydrogens (tertiary/aromatic N) is 5. The molecule has 0 aliphatic carbocycles. The van der Waals surface area contributed by atoms with E-state index in [-0.39, 0.29) is 0 Å². The lowest BCUT2D eigenvalue weighted by molar-refractivity contribution is 0.760. The van der Waals surface area contributed by atoms with Crippen LogP contribution in [0.15, 0.2) is 36.0 Å². The molecule has 108 valence electrons. The second kappa shape index (κ2) is 6.45. The third-order valence-electron chi connectivity index (χ3n) is 3.19. The van der Waals surface area contributed by atoms with Crippen LogP contribution in [0.4, 0.5) is 5.69 Å². The summed E-state index contributed by atoms with van der Waals surface area (Å²) in [4.78, 5) is 7.71. The van der Waals surface area contributed by atoms with Crippen molar-refractivity contribution in [2.45, 2.75) is 19.9 Å². The van der Waals surface area contributed by atoms with E-state index in [1.807, 2.05) is 11.7 Å². The van der Waals surface area contributed by atoms with Gasteiger partial charge in [-0.3, -0.25) is 4.98 Å². The van der Waals surface area contributed by atoms with Gasteiger partial charge in [-0.2, -0.15) is 5.21 Å². The van der Waals surface area contributed by atoms with Gasteiger partial charge in [0.1, 0.15) is 0 Å². The van der Waals surface area contributed by atoms with E-state index in [2.05, 4.69) is 61.7 Å². The minimum absolute atomic E-state index is 0.733. The largest absolute Gasteiger partial charge is 0.366 e. The minimum Gasteiger partial charge on any atom is -0.366 e. The Morgan fingerprint density at radius 1 is 1.33 bits per heavy atom. The van der Waals surface area contributed by atoms with Crippen molar-refractivity contribution >= 4 is 17.0 Å². The van der Waals surface area contributed by atoms with Gasteiger partial charge in [-0.05, 0) is 24.6 Å². The Kier molecular flexibility index (Phi) is 4.20. The highest BCUT2D eigenvalue weighted by molar-refractivity contribution is 7.09. The number of aromatic nitrogens is 5. The summed E-state index contributed by atoms with van der Waals surface area (Å²) in [6.45, 7) is 3.78. The molecule has 0 spiro atoms. The Morgan fingerprint density at radius 2 is 2.29 bits per heavy atom. The summed E-state index contributed by atoms with van der Waals surface area (Å²) in [5.41, 5.74) is 4.32. The van der Waals surface area contributed by atoms with Crippen LogP contribution in [-0.4, -0.2) is 32.2 Å². The van der Waals surface area contributed by atoms with E-state index in [1.54, 1.807) is 11.3 Å². The van der Waals surface area contributed by atoms with Crippen molar-refractivity contribution < 1.29 is 0 Å². The molecule has 0 saturated heterocycles. The highest BCUT2D eigenvalue weighted by Gasteiger charge is 2.10. The van der Waals surface area contributed by atoms with E-state index >= 15 is 0 Å². The maximum atomic E-state index is 4.15. The molecule has 0 aliphatic heterocycles. The molecule has 0 fully saturated rings. The number of thiazole rings is 1. The maximum absolute atomic E-state index is 4.15. The molecule has 1 N–H and O–H groups in total. The fourth-order valence-electron chi connectivity index (χ4n) is 2.16. The Labute approximate surface area is 126 Å². The van der Waals surface area contributed by atoms with Crippen molar-refractivity contribution in [1.29, 1.82) is 0 Å². The predicted molar refractivity (Wildman–Crippen MR) is 82.2 cm³/mol. The zero-order valence-electron chi connectivity index (χ0n) is 11.7. The molecule has 0 aliphatic rings. The quantitative estimate of drug-likeness (QED) is 0.756. The molecule has 0 amide bonds. The molecule has 6 nitrogen and oxygen atoms in total. The monoisotopic (exact) mass is 300 g/mol. The molecule has 0 unspecified atom stereocenters. The highest BCUT2D eigenvalue weighted by atomic mass is 32.1.